The normalized spacial score (nSPS) is 11.9. The fourth-order valence-corrected chi connectivity index (χ4v) is 2.38. The number of amides is 1. The Labute approximate surface area is 144 Å². The second kappa shape index (κ2) is 9.96. The number of Topliss-reactive ketones (excluding diaryl/α,β-unsaturated/α-hetero) is 1. The first-order chi connectivity index (χ1) is 11.4. The molecule has 0 saturated heterocycles. The Morgan fingerprint density at radius 2 is 1.67 bits per heavy atom. The highest BCUT2D eigenvalue weighted by atomic mass is 16.5. The molecule has 0 unspecified atom stereocenters. The van der Waals surface area contributed by atoms with Crippen molar-refractivity contribution in [2.24, 2.45) is 5.92 Å². The lowest BCUT2D eigenvalue weighted by Gasteiger charge is -2.15. The zero-order valence-corrected chi connectivity index (χ0v) is 15.3. The maximum absolute atomic E-state index is 12.2. The summed E-state index contributed by atoms with van der Waals surface area (Å²) < 4.78 is 10.3. The second-order valence-corrected chi connectivity index (χ2v) is 6.43. The van der Waals surface area contributed by atoms with E-state index < -0.39 is 0 Å². The number of ketones is 1. The van der Waals surface area contributed by atoms with Crippen molar-refractivity contribution in [3.05, 3.63) is 23.8 Å². The zero-order chi connectivity index (χ0) is 18.1. The first kappa shape index (κ1) is 20.0. The monoisotopic (exact) mass is 335 g/mol. The van der Waals surface area contributed by atoms with E-state index in [1.165, 1.54) is 7.11 Å². The van der Waals surface area contributed by atoms with Gasteiger partial charge < -0.3 is 14.8 Å². The molecular weight excluding hydrogens is 306 g/mol. The Hall–Kier alpha value is -2.04. The molecule has 1 aromatic rings. The van der Waals surface area contributed by atoms with E-state index in [0.29, 0.717) is 23.0 Å². The minimum absolute atomic E-state index is 0.0825. The largest absolute Gasteiger partial charge is 0.493 e. The lowest BCUT2D eigenvalue weighted by atomic mass is 10.0. The minimum atomic E-state index is -0.0833. The van der Waals surface area contributed by atoms with Gasteiger partial charge in [0.15, 0.2) is 17.3 Å². The van der Waals surface area contributed by atoms with Gasteiger partial charge in [-0.3, -0.25) is 9.59 Å². The average molecular weight is 335 g/mol. The van der Waals surface area contributed by atoms with Crippen LogP contribution in [0, 0.1) is 5.92 Å². The van der Waals surface area contributed by atoms with Gasteiger partial charge in [0.25, 0.3) is 0 Å². The third-order valence-electron chi connectivity index (χ3n) is 3.87. The number of carbonyl (C=O) groups excluding carboxylic acids is 2. The van der Waals surface area contributed by atoms with Gasteiger partial charge in [-0.05, 0) is 43.9 Å². The van der Waals surface area contributed by atoms with E-state index in [2.05, 4.69) is 19.2 Å². The summed E-state index contributed by atoms with van der Waals surface area (Å²) >= 11 is 0. The molecule has 24 heavy (non-hydrogen) atoms. The highest BCUT2D eigenvalue weighted by Gasteiger charge is 2.14. The molecule has 134 valence electrons. The van der Waals surface area contributed by atoms with Crippen molar-refractivity contribution < 1.29 is 19.1 Å². The van der Waals surface area contributed by atoms with Crippen molar-refractivity contribution in [1.29, 1.82) is 0 Å². The van der Waals surface area contributed by atoms with Gasteiger partial charge >= 0.3 is 0 Å². The predicted octanol–water partition coefficient (Wildman–Crippen LogP) is 3.61. The fraction of sp³-hybridized carbons (Fsp3) is 0.579. The molecule has 0 radical (unpaired) electrons. The Balaban J connectivity index is 2.49. The van der Waals surface area contributed by atoms with E-state index in [9.17, 15) is 9.59 Å². The summed E-state index contributed by atoms with van der Waals surface area (Å²) in [5.41, 5.74) is 0.522. The fourth-order valence-electron chi connectivity index (χ4n) is 2.38. The molecule has 0 aliphatic carbocycles. The summed E-state index contributed by atoms with van der Waals surface area (Å²) in [4.78, 5) is 24.2. The molecule has 1 aromatic carbocycles. The molecule has 1 amide bonds. The number of methoxy groups -OCH3 is 2. The first-order valence-electron chi connectivity index (χ1n) is 8.42. The van der Waals surface area contributed by atoms with E-state index in [0.717, 1.165) is 12.8 Å². The molecule has 5 nitrogen and oxygen atoms in total. The summed E-state index contributed by atoms with van der Waals surface area (Å²) in [6.45, 7) is 6.32. The van der Waals surface area contributed by atoms with Crippen molar-refractivity contribution in [3.63, 3.8) is 0 Å². The predicted molar refractivity (Wildman–Crippen MR) is 94.8 cm³/mol. The quantitative estimate of drug-likeness (QED) is 0.663. The first-order valence-corrected chi connectivity index (χ1v) is 8.42. The standard InChI is InChI=1S/C19H29NO4/c1-13(2)6-7-14(3)20-19(22)11-9-16(21)15-8-10-17(23-4)18(12-15)24-5/h8,10,12-14H,6-7,9,11H2,1-5H3,(H,20,22)/t14-/m1/s1. The molecular formula is C19H29NO4. The SMILES string of the molecule is COc1ccc(C(=O)CCC(=O)N[C@H](C)CCC(C)C)cc1OC. The molecule has 0 heterocycles. The van der Waals surface area contributed by atoms with Gasteiger partial charge in [0.1, 0.15) is 0 Å². The van der Waals surface area contributed by atoms with E-state index in [1.54, 1.807) is 25.3 Å². The third kappa shape index (κ3) is 6.60. The van der Waals surface area contributed by atoms with Crippen molar-refractivity contribution in [1.82, 2.24) is 5.32 Å². The van der Waals surface area contributed by atoms with E-state index >= 15 is 0 Å². The Morgan fingerprint density at radius 3 is 2.25 bits per heavy atom. The number of carbonyl (C=O) groups is 2. The number of rotatable bonds is 10. The molecule has 5 heteroatoms. The second-order valence-electron chi connectivity index (χ2n) is 6.43. The topological polar surface area (TPSA) is 64.6 Å². The Kier molecular flexibility index (Phi) is 8.30. The maximum atomic E-state index is 12.2. The smallest absolute Gasteiger partial charge is 0.220 e. The van der Waals surface area contributed by atoms with Crippen molar-refractivity contribution >= 4 is 11.7 Å². The zero-order valence-electron chi connectivity index (χ0n) is 15.3. The third-order valence-corrected chi connectivity index (χ3v) is 3.87. The Bertz CT molecular complexity index is 554. The van der Waals surface area contributed by atoms with E-state index in [-0.39, 0.29) is 30.6 Å². The van der Waals surface area contributed by atoms with Gasteiger partial charge in [0, 0.05) is 24.4 Å². The van der Waals surface area contributed by atoms with Crippen LogP contribution in [0.5, 0.6) is 11.5 Å². The summed E-state index contributed by atoms with van der Waals surface area (Å²) in [5.74, 6) is 1.54. The van der Waals surface area contributed by atoms with Crippen LogP contribution in [-0.4, -0.2) is 32.0 Å². The molecule has 0 bridgehead atoms. The molecule has 0 spiro atoms. The lowest BCUT2D eigenvalue weighted by Crippen LogP contribution is -2.32. The van der Waals surface area contributed by atoms with Crippen LogP contribution in [0.1, 0.15) is 56.8 Å². The number of nitrogens with one attached hydrogen (secondary N) is 1. The molecule has 0 aliphatic rings. The van der Waals surface area contributed by atoms with Gasteiger partial charge in [-0.2, -0.15) is 0 Å². The number of hydrogen-bond donors (Lipinski definition) is 1. The minimum Gasteiger partial charge on any atom is -0.493 e. The highest BCUT2D eigenvalue weighted by Crippen LogP contribution is 2.28. The number of benzene rings is 1. The molecule has 0 fully saturated rings. The van der Waals surface area contributed by atoms with Gasteiger partial charge in [-0.25, -0.2) is 0 Å². The van der Waals surface area contributed by atoms with E-state index in [1.807, 2.05) is 6.92 Å². The van der Waals surface area contributed by atoms with Gasteiger partial charge in [-0.15, -0.1) is 0 Å². The van der Waals surface area contributed by atoms with Crippen LogP contribution in [0.25, 0.3) is 0 Å². The molecule has 0 aromatic heterocycles. The lowest BCUT2D eigenvalue weighted by molar-refractivity contribution is -0.121. The van der Waals surface area contributed by atoms with Gasteiger partial charge in [0.05, 0.1) is 14.2 Å². The number of hydrogen-bond acceptors (Lipinski definition) is 4. The van der Waals surface area contributed by atoms with Crippen LogP contribution in [0.15, 0.2) is 18.2 Å². The average Bonchev–Trinajstić information content (AvgIpc) is 2.57. The van der Waals surface area contributed by atoms with Crippen molar-refractivity contribution in [3.8, 4) is 11.5 Å². The van der Waals surface area contributed by atoms with Crippen LogP contribution < -0.4 is 14.8 Å². The molecule has 0 aliphatic heterocycles. The van der Waals surface area contributed by atoms with E-state index in [4.69, 9.17) is 9.47 Å². The summed E-state index contributed by atoms with van der Waals surface area (Å²) in [5, 5.41) is 2.95. The van der Waals surface area contributed by atoms with Gasteiger partial charge in [-0.1, -0.05) is 13.8 Å². The van der Waals surface area contributed by atoms with Crippen LogP contribution in [0.4, 0.5) is 0 Å². The molecule has 1 N–H and O–H groups in total. The van der Waals surface area contributed by atoms with Gasteiger partial charge in [0.2, 0.25) is 5.91 Å². The van der Waals surface area contributed by atoms with Crippen LogP contribution in [-0.2, 0) is 4.79 Å². The number of ether oxygens (including phenoxy) is 2. The van der Waals surface area contributed by atoms with Crippen LogP contribution in [0.3, 0.4) is 0 Å². The summed E-state index contributed by atoms with van der Waals surface area (Å²) in [6, 6.07) is 5.16. The Morgan fingerprint density at radius 1 is 1.00 bits per heavy atom. The maximum Gasteiger partial charge on any atom is 0.220 e. The molecule has 1 rings (SSSR count). The summed E-state index contributed by atoms with van der Waals surface area (Å²) in [6.07, 6.45) is 2.40. The van der Waals surface area contributed by atoms with Crippen molar-refractivity contribution in [2.75, 3.05) is 14.2 Å². The molecule has 0 saturated carbocycles. The molecule has 1 atom stereocenters. The summed E-state index contributed by atoms with van der Waals surface area (Å²) in [7, 11) is 3.07. The van der Waals surface area contributed by atoms with Crippen molar-refractivity contribution in [2.45, 2.75) is 52.5 Å². The van der Waals surface area contributed by atoms with Crippen LogP contribution in [0.2, 0.25) is 0 Å². The van der Waals surface area contributed by atoms with Crippen LogP contribution >= 0.6 is 0 Å². The highest BCUT2D eigenvalue weighted by molar-refractivity contribution is 5.98.